The van der Waals surface area contributed by atoms with Gasteiger partial charge in [0.2, 0.25) is 0 Å². The zero-order valence-electron chi connectivity index (χ0n) is 4.87. The number of hydrogen-bond acceptors (Lipinski definition) is 2. The van der Waals surface area contributed by atoms with Gasteiger partial charge in [0.05, 0.1) is 12.7 Å². The first kappa shape index (κ1) is 5.79. The van der Waals surface area contributed by atoms with E-state index in [0.29, 0.717) is 6.61 Å². The Morgan fingerprint density at radius 3 is 2.88 bits per heavy atom. The molecule has 1 heterocycles. The average Bonchev–Trinajstić information content (AvgIpc) is 2.12. The fourth-order valence-electron chi connectivity index (χ4n) is 0.712. The van der Waals surface area contributed by atoms with E-state index in [9.17, 15) is 0 Å². The molecule has 0 fully saturated rings. The Morgan fingerprint density at radius 2 is 2.62 bits per heavy atom. The first-order valence-corrected chi connectivity index (χ1v) is 2.77. The molecule has 2 heteroatoms. The van der Waals surface area contributed by atoms with E-state index in [1.165, 1.54) is 0 Å². The predicted molar refractivity (Wildman–Crippen MR) is 30.6 cm³/mol. The Labute approximate surface area is 48.8 Å². The van der Waals surface area contributed by atoms with Gasteiger partial charge < -0.3 is 9.84 Å². The summed E-state index contributed by atoms with van der Waals surface area (Å²) in [4.78, 5) is 0. The number of rotatable bonds is 1. The molecular formula is C6H10O2. The summed E-state index contributed by atoms with van der Waals surface area (Å²) in [6.07, 6.45) is 3.37. The van der Waals surface area contributed by atoms with Crippen molar-refractivity contribution in [2.45, 2.75) is 19.1 Å². The average molecular weight is 114 g/mol. The normalized spacial score (nSPS) is 31.0. The van der Waals surface area contributed by atoms with E-state index in [2.05, 4.69) is 0 Å². The van der Waals surface area contributed by atoms with Crippen molar-refractivity contribution in [2.24, 2.45) is 0 Å². The van der Waals surface area contributed by atoms with E-state index >= 15 is 0 Å². The van der Waals surface area contributed by atoms with Gasteiger partial charge in [-0.1, -0.05) is 12.2 Å². The highest BCUT2D eigenvalue weighted by molar-refractivity contribution is 4.97. The molecule has 2 atom stereocenters. The van der Waals surface area contributed by atoms with Crippen molar-refractivity contribution >= 4 is 0 Å². The zero-order chi connectivity index (χ0) is 5.98. The van der Waals surface area contributed by atoms with Crippen molar-refractivity contribution < 1.29 is 9.84 Å². The molecule has 1 N–H and O–H groups in total. The lowest BCUT2D eigenvalue weighted by Gasteiger charge is -2.09. The van der Waals surface area contributed by atoms with Crippen molar-refractivity contribution in [1.82, 2.24) is 0 Å². The third-order valence-corrected chi connectivity index (χ3v) is 1.19. The van der Waals surface area contributed by atoms with Crippen molar-refractivity contribution in [1.29, 1.82) is 0 Å². The van der Waals surface area contributed by atoms with E-state index in [1.807, 2.05) is 12.2 Å². The largest absolute Gasteiger partial charge is 0.390 e. The second kappa shape index (κ2) is 2.29. The van der Waals surface area contributed by atoms with Gasteiger partial charge in [-0.3, -0.25) is 0 Å². The Hall–Kier alpha value is -0.340. The Morgan fingerprint density at radius 1 is 1.88 bits per heavy atom. The van der Waals surface area contributed by atoms with Gasteiger partial charge in [-0.2, -0.15) is 0 Å². The maximum absolute atomic E-state index is 8.88. The maximum Gasteiger partial charge on any atom is 0.102 e. The van der Waals surface area contributed by atoms with E-state index in [4.69, 9.17) is 9.84 Å². The molecule has 1 aliphatic rings. The molecule has 0 aliphatic carbocycles. The predicted octanol–water partition coefficient (Wildman–Crippen LogP) is 0.322. The summed E-state index contributed by atoms with van der Waals surface area (Å²) in [5, 5.41) is 8.88. The van der Waals surface area contributed by atoms with Gasteiger partial charge in [0.25, 0.3) is 0 Å². The van der Waals surface area contributed by atoms with E-state index in [1.54, 1.807) is 6.92 Å². The molecule has 0 aromatic carbocycles. The molecule has 2 unspecified atom stereocenters. The highest BCUT2D eigenvalue weighted by atomic mass is 16.5. The summed E-state index contributed by atoms with van der Waals surface area (Å²) in [5.74, 6) is 0. The molecule has 8 heavy (non-hydrogen) atoms. The summed E-state index contributed by atoms with van der Waals surface area (Å²) in [6.45, 7) is 2.37. The lowest BCUT2D eigenvalue weighted by atomic mass is 10.2. The lowest BCUT2D eigenvalue weighted by Crippen LogP contribution is -2.20. The van der Waals surface area contributed by atoms with Crippen LogP contribution in [-0.4, -0.2) is 23.9 Å². The second-order valence-corrected chi connectivity index (χ2v) is 1.97. The standard InChI is InChI=1S/C6H10O2/c1-5(7)6-3-2-4-8-6/h2-3,5-7H,4H2,1H3. The highest BCUT2D eigenvalue weighted by Gasteiger charge is 2.13. The Bertz CT molecular complexity index is 96.7. The fourth-order valence-corrected chi connectivity index (χ4v) is 0.712. The minimum Gasteiger partial charge on any atom is -0.390 e. The van der Waals surface area contributed by atoms with E-state index in [-0.39, 0.29) is 12.2 Å². The fraction of sp³-hybridized carbons (Fsp3) is 0.667. The number of hydrogen-bond donors (Lipinski definition) is 1. The SMILES string of the molecule is CC(O)C1C=CCO1. The quantitative estimate of drug-likeness (QED) is 0.497. The molecule has 2 nitrogen and oxygen atoms in total. The first-order chi connectivity index (χ1) is 3.80. The van der Waals surface area contributed by atoms with E-state index in [0.717, 1.165) is 0 Å². The smallest absolute Gasteiger partial charge is 0.102 e. The summed E-state index contributed by atoms with van der Waals surface area (Å²) < 4.78 is 5.05. The number of ether oxygens (including phenoxy) is 1. The lowest BCUT2D eigenvalue weighted by molar-refractivity contribution is 0.0236. The molecule has 46 valence electrons. The van der Waals surface area contributed by atoms with Crippen molar-refractivity contribution in [3.63, 3.8) is 0 Å². The number of aliphatic hydroxyl groups is 1. The van der Waals surface area contributed by atoms with Crippen LogP contribution in [0.25, 0.3) is 0 Å². The zero-order valence-corrected chi connectivity index (χ0v) is 4.87. The molecule has 1 rings (SSSR count). The van der Waals surface area contributed by atoms with Crippen molar-refractivity contribution in [2.75, 3.05) is 6.61 Å². The molecule has 0 aromatic heterocycles. The van der Waals surface area contributed by atoms with Crippen LogP contribution in [-0.2, 0) is 4.74 Å². The van der Waals surface area contributed by atoms with Gasteiger partial charge in [0, 0.05) is 0 Å². The molecule has 0 saturated heterocycles. The van der Waals surface area contributed by atoms with Crippen LogP contribution in [0, 0.1) is 0 Å². The monoisotopic (exact) mass is 114 g/mol. The van der Waals surface area contributed by atoms with Gasteiger partial charge in [-0.15, -0.1) is 0 Å². The van der Waals surface area contributed by atoms with Crippen LogP contribution in [0.4, 0.5) is 0 Å². The molecule has 0 spiro atoms. The Balaban J connectivity index is 2.36. The highest BCUT2D eigenvalue weighted by Crippen LogP contribution is 2.06. The number of aliphatic hydroxyl groups excluding tert-OH is 1. The third-order valence-electron chi connectivity index (χ3n) is 1.19. The van der Waals surface area contributed by atoms with Crippen LogP contribution >= 0.6 is 0 Å². The summed E-state index contributed by atoms with van der Waals surface area (Å²) in [5.41, 5.74) is 0. The molecular weight excluding hydrogens is 104 g/mol. The van der Waals surface area contributed by atoms with Crippen molar-refractivity contribution in [3.8, 4) is 0 Å². The van der Waals surface area contributed by atoms with Crippen LogP contribution in [0.2, 0.25) is 0 Å². The molecule has 0 saturated carbocycles. The third kappa shape index (κ3) is 1.08. The minimum absolute atomic E-state index is 0.0602. The molecule has 1 aliphatic heterocycles. The summed E-state index contributed by atoms with van der Waals surface area (Å²) >= 11 is 0. The van der Waals surface area contributed by atoms with Gasteiger partial charge in [0.1, 0.15) is 6.10 Å². The van der Waals surface area contributed by atoms with Crippen LogP contribution in [0.15, 0.2) is 12.2 Å². The van der Waals surface area contributed by atoms with E-state index < -0.39 is 0 Å². The van der Waals surface area contributed by atoms with Crippen LogP contribution in [0.5, 0.6) is 0 Å². The van der Waals surface area contributed by atoms with Gasteiger partial charge >= 0.3 is 0 Å². The Kier molecular flexibility index (Phi) is 1.65. The van der Waals surface area contributed by atoms with Crippen LogP contribution < -0.4 is 0 Å². The van der Waals surface area contributed by atoms with Crippen LogP contribution in [0.1, 0.15) is 6.92 Å². The molecule has 0 aromatic rings. The summed E-state index contributed by atoms with van der Waals surface area (Å²) in [7, 11) is 0. The minimum atomic E-state index is -0.367. The van der Waals surface area contributed by atoms with Gasteiger partial charge in [-0.25, -0.2) is 0 Å². The molecule has 0 radical (unpaired) electrons. The molecule has 0 bridgehead atoms. The molecule has 0 amide bonds. The van der Waals surface area contributed by atoms with Gasteiger partial charge in [-0.05, 0) is 6.92 Å². The van der Waals surface area contributed by atoms with Gasteiger partial charge in [0.15, 0.2) is 0 Å². The topological polar surface area (TPSA) is 29.5 Å². The first-order valence-electron chi connectivity index (χ1n) is 2.77. The second-order valence-electron chi connectivity index (χ2n) is 1.97. The summed E-state index contributed by atoms with van der Waals surface area (Å²) in [6, 6.07) is 0. The van der Waals surface area contributed by atoms with Crippen LogP contribution in [0.3, 0.4) is 0 Å². The van der Waals surface area contributed by atoms with Crippen molar-refractivity contribution in [3.05, 3.63) is 12.2 Å². The maximum atomic E-state index is 8.88.